The van der Waals surface area contributed by atoms with Gasteiger partial charge in [-0.2, -0.15) is 0 Å². The second-order valence-corrected chi connectivity index (χ2v) is 5.85. The Morgan fingerprint density at radius 1 is 0.941 bits per heavy atom. The molecule has 102 valence electrons. The molecular formula is C14H31N3. The molecule has 0 spiro atoms. The summed E-state index contributed by atoms with van der Waals surface area (Å²) in [5.41, 5.74) is 0.296. The number of nitrogens with one attached hydrogen (secondary N) is 1. The summed E-state index contributed by atoms with van der Waals surface area (Å²) in [6.45, 7) is 17.7. The van der Waals surface area contributed by atoms with Gasteiger partial charge in [0.25, 0.3) is 0 Å². The van der Waals surface area contributed by atoms with Crippen LogP contribution in [-0.2, 0) is 0 Å². The molecule has 0 aromatic carbocycles. The van der Waals surface area contributed by atoms with E-state index in [2.05, 4.69) is 42.8 Å². The molecule has 0 radical (unpaired) electrons. The molecule has 1 aliphatic heterocycles. The minimum absolute atomic E-state index is 0.296. The molecule has 17 heavy (non-hydrogen) atoms. The Bertz CT molecular complexity index is 196. The van der Waals surface area contributed by atoms with Crippen molar-refractivity contribution in [3.8, 4) is 0 Å². The monoisotopic (exact) mass is 241 g/mol. The number of piperazine rings is 1. The normalized spacial score (nSPS) is 19.8. The van der Waals surface area contributed by atoms with Crippen molar-refractivity contribution in [1.82, 2.24) is 15.1 Å². The highest BCUT2D eigenvalue weighted by atomic mass is 15.3. The van der Waals surface area contributed by atoms with Crippen LogP contribution in [0.25, 0.3) is 0 Å². The zero-order valence-corrected chi connectivity index (χ0v) is 12.3. The van der Waals surface area contributed by atoms with E-state index < -0.39 is 0 Å². The zero-order valence-electron chi connectivity index (χ0n) is 12.3. The van der Waals surface area contributed by atoms with Gasteiger partial charge >= 0.3 is 0 Å². The maximum Gasteiger partial charge on any atom is 0.0123 e. The Balaban J connectivity index is 2.10. The van der Waals surface area contributed by atoms with Crippen molar-refractivity contribution >= 4 is 0 Å². The summed E-state index contributed by atoms with van der Waals surface area (Å²) in [6, 6.07) is 0. The quantitative estimate of drug-likeness (QED) is 0.733. The molecule has 0 atom stereocenters. The molecule has 0 aromatic heterocycles. The van der Waals surface area contributed by atoms with Crippen LogP contribution in [0.1, 0.15) is 40.5 Å². The van der Waals surface area contributed by atoms with Crippen molar-refractivity contribution in [2.75, 3.05) is 45.8 Å². The Hall–Kier alpha value is -0.120. The van der Waals surface area contributed by atoms with E-state index in [0.29, 0.717) is 5.54 Å². The smallest absolute Gasteiger partial charge is 0.0123 e. The van der Waals surface area contributed by atoms with Gasteiger partial charge in [-0.15, -0.1) is 0 Å². The maximum atomic E-state index is 3.64. The molecule has 1 saturated heterocycles. The Kier molecular flexibility index (Phi) is 6.45. The van der Waals surface area contributed by atoms with Crippen LogP contribution in [0.15, 0.2) is 0 Å². The third-order valence-electron chi connectivity index (χ3n) is 3.92. The summed E-state index contributed by atoms with van der Waals surface area (Å²) >= 11 is 0. The van der Waals surface area contributed by atoms with Crippen molar-refractivity contribution in [1.29, 1.82) is 0 Å². The van der Waals surface area contributed by atoms with Gasteiger partial charge in [0.15, 0.2) is 0 Å². The lowest BCUT2D eigenvalue weighted by Crippen LogP contribution is -2.49. The Morgan fingerprint density at radius 3 is 1.94 bits per heavy atom. The molecule has 0 aromatic rings. The minimum Gasteiger partial charge on any atom is -0.311 e. The molecule has 1 rings (SSSR count). The van der Waals surface area contributed by atoms with Crippen molar-refractivity contribution in [2.24, 2.45) is 0 Å². The molecule has 3 nitrogen and oxygen atoms in total. The zero-order chi connectivity index (χ0) is 12.7. The van der Waals surface area contributed by atoms with E-state index in [1.807, 2.05) is 0 Å². The van der Waals surface area contributed by atoms with Gasteiger partial charge < -0.3 is 10.2 Å². The first-order valence-corrected chi connectivity index (χ1v) is 7.27. The van der Waals surface area contributed by atoms with Gasteiger partial charge in [-0.3, -0.25) is 4.90 Å². The predicted molar refractivity (Wildman–Crippen MR) is 75.5 cm³/mol. The molecule has 0 unspecified atom stereocenters. The van der Waals surface area contributed by atoms with Gasteiger partial charge in [-0.05, 0) is 33.2 Å². The second kappa shape index (κ2) is 7.34. The van der Waals surface area contributed by atoms with Crippen molar-refractivity contribution in [2.45, 2.75) is 46.1 Å². The Labute approximate surface area is 108 Å². The summed E-state index contributed by atoms with van der Waals surface area (Å²) in [4.78, 5) is 5.17. The summed E-state index contributed by atoms with van der Waals surface area (Å²) < 4.78 is 0. The molecule has 1 fully saturated rings. The van der Waals surface area contributed by atoms with Gasteiger partial charge in [-0.1, -0.05) is 13.8 Å². The largest absolute Gasteiger partial charge is 0.311 e. The van der Waals surface area contributed by atoms with E-state index in [-0.39, 0.29) is 0 Å². The maximum absolute atomic E-state index is 3.64. The fourth-order valence-electron chi connectivity index (χ4n) is 2.23. The average molecular weight is 241 g/mol. The van der Waals surface area contributed by atoms with Crippen LogP contribution in [0.4, 0.5) is 0 Å². The van der Waals surface area contributed by atoms with Crippen molar-refractivity contribution < 1.29 is 0 Å². The van der Waals surface area contributed by atoms with E-state index in [1.165, 1.54) is 52.1 Å². The van der Waals surface area contributed by atoms with E-state index in [0.717, 1.165) is 6.54 Å². The minimum atomic E-state index is 0.296. The molecular weight excluding hydrogens is 210 g/mol. The Morgan fingerprint density at radius 2 is 1.47 bits per heavy atom. The SMILES string of the molecule is CCCN1CCN(CCNC(C)(C)CC)CC1. The third kappa shape index (κ3) is 5.84. The molecule has 0 bridgehead atoms. The molecule has 1 aliphatic rings. The standard InChI is InChI=1S/C14H31N3/c1-5-8-16-10-12-17(13-11-16)9-7-15-14(3,4)6-2/h15H,5-13H2,1-4H3. The lowest BCUT2D eigenvalue weighted by molar-refractivity contribution is 0.130. The fraction of sp³-hybridized carbons (Fsp3) is 1.00. The number of hydrogen-bond donors (Lipinski definition) is 1. The fourth-order valence-corrected chi connectivity index (χ4v) is 2.23. The summed E-state index contributed by atoms with van der Waals surface area (Å²) in [5, 5.41) is 3.64. The van der Waals surface area contributed by atoms with Crippen molar-refractivity contribution in [3.05, 3.63) is 0 Å². The lowest BCUT2D eigenvalue weighted by atomic mass is 10.0. The van der Waals surface area contributed by atoms with Crippen LogP contribution in [0.2, 0.25) is 0 Å². The topological polar surface area (TPSA) is 18.5 Å². The van der Waals surface area contributed by atoms with Crippen LogP contribution >= 0.6 is 0 Å². The first kappa shape index (κ1) is 14.9. The van der Waals surface area contributed by atoms with Gasteiger partial charge in [0.2, 0.25) is 0 Å². The van der Waals surface area contributed by atoms with E-state index in [4.69, 9.17) is 0 Å². The number of hydrogen-bond acceptors (Lipinski definition) is 3. The van der Waals surface area contributed by atoms with Gasteiger partial charge in [-0.25, -0.2) is 0 Å². The lowest BCUT2D eigenvalue weighted by Gasteiger charge is -2.35. The summed E-state index contributed by atoms with van der Waals surface area (Å²) in [7, 11) is 0. The summed E-state index contributed by atoms with van der Waals surface area (Å²) in [5.74, 6) is 0. The number of nitrogens with zero attached hydrogens (tertiary/aromatic N) is 2. The third-order valence-corrected chi connectivity index (χ3v) is 3.92. The van der Waals surface area contributed by atoms with E-state index in [1.54, 1.807) is 0 Å². The molecule has 0 aliphatic carbocycles. The molecule has 3 heteroatoms. The molecule has 1 N–H and O–H groups in total. The predicted octanol–water partition coefficient (Wildman–Crippen LogP) is 1.79. The van der Waals surface area contributed by atoms with E-state index >= 15 is 0 Å². The average Bonchev–Trinajstić information content (AvgIpc) is 2.32. The highest BCUT2D eigenvalue weighted by molar-refractivity contribution is 4.77. The summed E-state index contributed by atoms with van der Waals surface area (Å²) in [6.07, 6.45) is 2.48. The van der Waals surface area contributed by atoms with Crippen molar-refractivity contribution in [3.63, 3.8) is 0 Å². The van der Waals surface area contributed by atoms with Crippen LogP contribution in [0.3, 0.4) is 0 Å². The highest BCUT2D eigenvalue weighted by Crippen LogP contribution is 2.06. The second-order valence-electron chi connectivity index (χ2n) is 5.85. The highest BCUT2D eigenvalue weighted by Gasteiger charge is 2.17. The van der Waals surface area contributed by atoms with Crippen LogP contribution in [0.5, 0.6) is 0 Å². The first-order chi connectivity index (χ1) is 8.07. The van der Waals surface area contributed by atoms with E-state index in [9.17, 15) is 0 Å². The van der Waals surface area contributed by atoms with Crippen LogP contribution < -0.4 is 5.32 Å². The van der Waals surface area contributed by atoms with Gasteiger partial charge in [0, 0.05) is 44.8 Å². The number of rotatable bonds is 7. The molecule has 1 heterocycles. The van der Waals surface area contributed by atoms with Crippen LogP contribution in [-0.4, -0.2) is 61.2 Å². The van der Waals surface area contributed by atoms with Gasteiger partial charge in [0.1, 0.15) is 0 Å². The first-order valence-electron chi connectivity index (χ1n) is 7.27. The van der Waals surface area contributed by atoms with Crippen LogP contribution in [0, 0.1) is 0 Å². The molecule has 0 amide bonds. The van der Waals surface area contributed by atoms with Gasteiger partial charge in [0.05, 0.1) is 0 Å². The molecule has 0 saturated carbocycles.